The second kappa shape index (κ2) is 5.06. The van der Waals surface area contributed by atoms with Gasteiger partial charge in [-0.25, -0.2) is 0 Å². The van der Waals surface area contributed by atoms with Crippen molar-refractivity contribution in [2.75, 3.05) is 0 Å². The molecule has 0 heterocycles. The van der Waals surface area contributed by atoms with E-state index in [4.69, 9.17) is 0 Å². The zero-order valence-corrected chi connectivity index (χ0v) is 10.7. The Morgan fingerprint density at radius 1 is 0.947 bits per heavy atom. The third-order valence-electron chi connectivity index (χ3n) is 3.15. The fraction of sp³-hybridized carbons (Fsp3) is 0.538. The van der Waals surface area contributed by atoms with Crippen molar-refractivity contribution in [3.63, 3.8) is 0 Å². The summed E-state index contributed by atoms with van der Waals surface area (Å²) in [5.41, 5.74) is -2.69. The molecule has 0 nitrogen and oxygen atoms in total. The summed E-state index contributed by atoms with van der Waals surface area (Å²) in [5.74, 6) is -0.585. The van der Waals surface area contributed by atoms with E-state index in [-0.39, 0.29) is 5.56 Å². The largest absolute Gasteiger partial charge is 0.416 e. The van der Waals surface area contributed by atoms with Crippen LogP contribution < -0.4 is 0 Å². The highest BCUT2D eigenvalue weighted by Crippen LogP contribution is 2.41. The number of aryl methyl sites for hydroxylation is 1. The van der Waals surface area contributed by atoms with E-state index in [1.807, 2.05) is 0 Å². The Hall–Kier alpha value is -1.20. The van der Waals surface area contributed by atoms with Crippen molar-refractivity contribution in [2.24, 2.45) is 0 Å². The molecule has 0 saturated carbocycles. The monoisotopic (exact) mass is 284 g/mol. The SMILES string of the molecule is CCC(C)c1cc(C(F)(F)F)c(C)cc1C(F)(F)F. The van der Waals surface area contributed by atoms with Crippen LogP contribution in [0.5, 0.6) is 0 Å². The number of alkyl halides is 6. The standard InChI is InChI=1S/C13H14F6/c1-4-7(2)9-6-10(12(14,15)16)8(3)5-11(9)13(17,18)19/h5-7H,4H2,1-3H3. The molecular weight excluding hydrogens is 270 g/mol. The van der Waals surface area contributed by atoms with Crippen LogP contribution in [0.15, 0.2) is 12.1 Å². The average molecular weight is 284 g/mol. The Kier molecular flexibility index (Phi) is 4.22. The average Bonchev–Trinajstić information content (AvgIpc) is 2.24. The molecule has 0 amide bonds. The first kappa shape index (κ1) is 15.9. The van der Waals surface area contributed by atoms with Crippen molar-refractivity contribution >= 4 is 0 Å². The molecule has 0 fully saturated rings. The highest BCUT2D eigenvalue weighted by atomic mass is 19.4. The minimum absolute atomic E-state index is 0.298. The van der Waals surface area contributed by atoms with Gasteiger partial charge in [0.2, 0.25) is 0 Å². The van der Waals surface area contributed by atoms with Gasteiger partial charge >= 0.3 is 12.4 Å². The highest BCUT2D eigenvalue weighted by Gasteiger charge is 2.39. The zero-order valence-electron chi connectivity index (χ0n) is 10.7. The van der Waals surface area contributed by atoms with Gasteiger partial charge in [0.05, 0.1) is 11.1 Å². The second-order valence-electron chi connectivity index (χ2n) is 4.56. The van der Waals surface area contributed by atoms with E-state index in [0.29, 0.717) is 18.6 Å². The second-order valence-corrected chi connectivity index (χ2v) is 4.56. The molecule has 6 heteroatoms. The summed E-state index contributed by atoms with van der Waals surface area (Å²) >= 11 is 0. The summed E-state index contributed by atoms with van der Waals surface area (Å²) in [6.45, 7) is 4.16. The van der Waals surface area contributed by atoms with Crippen LogP contribution in [0.2, 0.25) is 0 Å². The van der Waals surface area contributed by atoms with Crippen LogP contribution in [-0.2, 0) is 12.4 Å². The van der Waals surface area contributed by atoms with E-state index in [9.17, 15) is 26.3 Å². The van der Waals surface area contributed by atoms with Gasteiger partial charge < -0.3 is 0 Å². The Balaban J connectivity index is 3.55. The smallest absolute Gasteiger partial charge is 0.166 e. The van der Waals surface area contributed by atoms with E-state index in [1.54, 1.807) is 6.92 Å². The molecule has 1 aromatic carbocycles. The van der Waals surface area contributed by atoms with E-state index in [2.05, 4.69) is 0 Å². The number of rotatable bonds is 2. The van der Waals surface area contributed by atoms with Gasteiger partial charge in [0, 0.05) is 0 Å². The maximum atomic E-state index is 12.9. The molecule has 0 aliphatic rings. The van der Waals surface area contributed by atoms with Crippen molar-refractivity contribution in [2.45, 2.75) is 45.5 Å². The molecule has 0 bridgehead atoms. The van der Waals surface area contributed by atoms with Gasteiger partial charge in [-0.05, 0) is 42.5 Å². The maximum absolute atomic E-state index is 12.9. The first-order valence-electron chi connectivity index (χ1n) is 5.77. The van der Waals surface area contributed by atoms with Crippen LogP contribution >= 0.6 is 0 Å². The van der Waals surface area contributed by atoms with Crippen molar-refractivity contribution < 1.29 is 26.3 Å². The highest BCUT2D eigenvalue weighted by molar-refractivity contribution is 5.42. The molecule has 108 valence electrons. The van der Waals surface area contributed by atoms with Gasteiger partial charge in [-0.2, -0.15) is 26.3 Å². The quantitative estimate of drug-likeness (QED) is 0.625. The van der Waals surface area contributed by atoms with E-state index < -0.39 is 35.0 Å². The van der Waals surface area contributed by atoms with E-state index in [0.717, 1.165) is 6.92 Å². The van der Waals surface area contributed by atoms with Crippen LogP contribution in [0.4, 0.5) is 26.3 Å². The first-order chi connectivity index (χ1) is 8.48. The number of benzene rings is 1. The van der Waals surface area contributed by atoms with Crippen LogP contribution in [0.25, 0.3) is 0 Å². The van der Waals surface area contributed by atoms with Gasteiger partial charge in [0.25, 0.3) is 0 Å². The summed E-state index contributed by atoms with van der Waals surface area (Å²) < 4.78 is 76.8. The van der Waals surface area contributed by atoms with Gasteiger partial charge in [0.15, 0.2) is 0 Å². The number of hydrogen-bond acceptors (Lipinski definition) is 0. The summed E-state index contributed by atoms with van der Waals surface area (Å²) in [6, 6.07) is 1.22. The fourth-order valence-electron chi connectivity index (χ4n) is 1.90. The third kappa shape index (κ3) is 3.42. The molecule has 0 saturated heterocycles. The van der Waals surface area contributed by atoms with Crippen LogP contribution in [-0.4, -0.2) is 0 Å². The Labute approximate surface area is 107 Å². The molecule has 1 rings (SSSR count). The summed E-state index contributed by atoms with van der Waals surface area (Å²) in [4.78, 5) is 0. The molecule has 0 spiro atoms. The topological polar surface area (TPSA) is 0 Å². The summed E-state index contributed by atoms with van der Waals surface area (Å²) in [7, 11) is 0. The zero-order chi connectivity index (χ0) is 15.0. The summed E-state index contributed by atoms with van der Waals surface area (Å²) in [5, 5.41) is 0. The summed E-state index contributed by atoms with van der Waals surface area (Å²) in [6.07, 6.45) is -8.95. The van der Waals surface area contributed by atoms with Crippen molar-refractivity contribution in [1.82, 2.24) is 0 Å². The molecule has 1 unspecified atom stereocenters. The lowest BCUT2D eigenvalue weighted by atomic mass is 9.89. The van der Waals surface area contributed by atoms with Crippen molar-refractivity contribution in [1.29, 1.82) is 0 Å². The van der Waals surface area contributed by atoms with Gasteiger partial charge in [0.1, 0.15) is 0 Å². The molecular formula is C13H14F6. The van der Waals surface area contributed by atoms with Gasteiger partial charge in [-0.15, -0.1) is 0 Å². The maximum Gasteiger partial charge on any atom is 0.416 e. The lowest BCUT2D eigenvalue weighted by Crippen LogP contribution is -2.15. The molecule has 0 aliphatic heterocycles. The van der Waals surface area contributed by atoms with E-state index in [1.165, 1.54) is 6.92 Å². The van der Waals surface area contributed by atoms with Crippen LogP contribution in [0.1, 0.15) is 48.4 Å². The Bertz CT molecular complexity index is 455. The van der Waals surface area contributed by atoms with Crippen LogP contribution in [0, 0.1) is 6.92 Å². The molecule has 1 atom stereocenters. The third-order valence-corrected chi connectivity index (χ3v) is 3.15. The number of halogens is 6. The Morgan fingerprint density at radius 2 is 1.42 bits per heavy atom. The lowest BCUT2D eigenvalue weighted by molar-refractivity contribution is -0.142. The molecule has 1 aromatic rings. The van der Waals surface area contributed by atoms with E-state index >= 15 is 0 Å². The number of hydrogen-bond donors (Lipinski definition) is 0. The molecule has 19 heavy (non-hydrogen) atoms. The minimum atomic E-state index is -4.65. The van der Waals surface area contributed by atoms with Gasteiger partial charge in [-0.3, -0.25) is 0 Å². The van der Waals surface area contributed by atoms with Gasteiger partial charge in [-0.1, -0.05) is 13.8 Å². The fourth-order valence-corrected chi connectivity index (χ4v) is 1.90. The lowest BCUT2D eigenvalue weighted by Gasteiger charge is -2.21. The normalized spacial score (nSPS) is 14.6. The first-order valence-corrected chi connectivity index (χ1v) is 5.77. The Morgan fingerprint density at radius 3 is 1.79 bits per heavy atom. The minimum Gasteiger partial charge on any atom is -0.166 e. The van der Waals surface area contributed by atoms with Crippen molar-refractivity contribution in [3.8, 4) is 0 Å². The molecule has 0 aromatic heterocycles. The molecule has 0 N–H and O–H groups in total. The molecule has 0 radical (unpaired) electrons. The van der Waals surface area contributed by atoms with Crippen molar-refractivity contribution in [3.05, 3.63) is 34.4 Å². The molecule has 0 aliphatic carbocycles. The van der Waals surface area contributed by atoms with Crippen LogP contribution in [0.3, 0.4) is 0 Å². The predicted octanol–water partition coefficient (Wildman–Crippen LogP) is 5.55. The predicted molar refractivity (Wildman–Crippen MR) is 59.9 cm³/mol.